The van der Waals surface area contributed by atoms with E-state index in [9.17, 15) is 13.9 Å². The monoisotopic (exact) mass is 348 g/mol. The first-order valence-corrected chi connectivity index (χ1v) is 8.45. The predicted molar refractivity (Wildman–Crippen MR) is 92.9 cm³/mol. The lowest BCUT2D eigenvalue weighted by atomic mass is 10.0. The lowest BCUT2D eigenvalue weighted by molar-refractivity contribution is 0.200. The molecule has 134 valence electrons. The van der Waals surface area contributed by atoms with Crippen molar-refractivity contribution in [2.75, 3.05) is 31.6 Å². The zero-order valence-corrected chi connectivity index (χ0v) is 14.2. The molecule has 0 radical (unpaired) electrons. The van der Waals surface area contributed by atoms with E-state index in [0.29, 0.717) is 23.6 Å². The second-order valence-electron chi connectivity index (χ2n) is 6.40. The Morgan fingerprint density at radius 3 is 2.88 bits per heavy atom. The van der Waals surface area contributed by atoms with Crippen LogP contribution < -0.4 is 5.32 Å². The number of phenolic OH excluding ortho intramolecular Hbond substituents is 1. The number of likely N-dealkylation sites (tertiary alicyclic amines) is 1. The summed E-state index contributed by atoms with van der Waals surface area (Å²) in [5.74, 6) is -0.0116. The summed E-state index contributed by atoms with van der Waals surface area (Å²) in [5, 5.41) is 21.6. The molecule has 0 amide bonds. The first-order chi connectivity index (χ1) is 12.1. The van der Waals surface area contributed by atoms with E-state index >= 15 is 0 Å². The summed E-state index contributed by atoms with van der Waals surface area (Å²) in [6.07, 6.45) is 2.02. The first-order valence-electron chi connectivity index (χ1n) is 8.45. The number of hydrogen-bond acceptors (Lipinski definition) is 5. The molecule has 1 aromatic carbocycles. The fourth-order valence-corrected chi connectivity index (χ4v) is 3.23. The number of aryl methyl sites for hydroxylation is 1. The number of anilines is 1. The number of alkyl halides is 1. The zero-order chi connectivity index (χ0) is 17.8. The van der Waals surface area contributed by atoms with Crippen LogP contribution in [0.2, 0.25) is 0 Å². The second-order valence-corrected chi connectivity index (χ2v) is 6.40. The van der Waals surface area contributed by atoms with E-state index in [4.69, 9.17) is 0 Å². The van der Waals surface area contributed by atoms with Gasteiger partial charge in [0.1, 0.15) is 24.1 Å². The van der Waals surface area contributed by atoms with Gasteiger partial charge in [0.25, 0.3) is 0 Å². The molecule has 0 spiro atoms. The molecule has 1 aliphatic rings. The van der Waals surface area contributed by atoms with Crippen LogP contribution in [0.15, 0.2) is 24.3 Å². The van der Waals surface area contributed by atoms with E-state index in [1.807, 2.05) is 13.0 Å². The van der Waals surface area contributed by atoms with Crippen molar-refractivity contribution in [3.8, 4) is 17.0 Å². The molecule has 0 saturated carbocycles. The van der Waals surface area contributed by atoms with Gasteiger partial charge >= 0.3 is 0 Å². The van der Waals surface area contributed by atoms with Crippen molar-refractivity contribution >= 4 is 5.82 Å². The van der Waals surface area contributed by atoms with E-state index in [2.05, 4.69) is 20.4 Å². The summed E-state index contributed by atoms with van der Waals surface area (Å²) in [4.78, 5) is 2.10. The zero-order valence-electron chi connectivity index (χ0n) is 14.2. The Balaban J connectivity index is 1.73. The molecule has 2 N–H and O–H groups in total. The molecule has 1 fully saturated rings. The van der Waals surface area contributed by atoms with Gasteiger partial charge in [0.2, 0.25) is 0 Å². The Bertz CT molecular complexity index is 739. The fourth-order valence-electron chi connectivity index (χ4n) is 3.23. The van der Waals surface area contributed by atoms with E-state index in [0.717, 1.165) is 37.6 Å². The van der Waals surface area contributed by atoms with Crippen LogP contribution in [-0.2, 0) is 0 Å². The summed E-state index contributed by atoms with van der Waals surface area (Å²) < 4.78 is 25.7. The Hall–Kier alpha value is -2.28. The molecule has 7 heteroatoms. The molecule has 0 aliphatic carbocycles. The van der Waals surface area contributed by atoms with Crippen LogP contribution in [0.1, 0.15) is 18.4 Å². The van der Waals surface area contributed by atoms with Crippen molar-refractivity contribution in [3.63, 3.8) is 0 Å². The minimum Gasteiger partial charge on any atom is -0.507 e. The van der Waals surface area contributed by atoms with Gasteiger partial charge < -0.3 is 10.4 Å². The third kappa shape index (κ3) is 4.22. The molecular formula is C18H22F2N4O. The van der Waals surface area contributed by atoms with Crippen LogP contribution in [0.3, 0.4) is 0 Å². The van der Waals surface area contributed by atoms with E-state index in [1.165, 1.54) is 12.1 Å². The number of nitrogens with one attached hydrogen (secondary N) is 1. The van der Waals surface area contributed by atoms with Gasteiger partial charge in [0.05, 0.1) is 5.69 Å². The number of halogens is 2. The van der Waals surface area contributed by atoms with Crippen molar-refractivity contribution in [2.45, 2.75) is 25.8 Å². The van der Waals surface area contributed by atoms with Crippen molar-refractivity contribution in [3.05, 3.63) is 35.6 Å². The van der Waals surface area contributed by atoms with Crippen LogP contribution in [0, 0.1) is 12.7 Å². The maximum absolute atomic E-state index is 13.1. The summed E-state index contributed by atoms with van der Waals surface area (Å²) in [5.41, 5.74) is 1.80. The molecule has 1 aliphatic heterocycles. The SMILES string of the molecule is Cc1cc(N[C@@H]2CCCN(CCF)C2)nnc1-c1ccc(F)cc1O. The van der Waals surface area contributed by atoms with E-state index in [1.54, 1.807) is 0 Å². The van der Waals surface area contributed by atoms with Gasteiger partial charge in [-0.3, -0.25) is 4.90 Å². The Morgan fingerprint density at radius 2 is 2.16 bits per heavy atom. The third-order valence-corrected chi connectivity index (χ3v) is 4.46. The lowest BCUT2D eigenvalue weighted by Gasteiger charge is -2.32. The average Bonchev–Trinajstić information content (AvgIpc) is 2.57. The van der Waals surface area contributed by atoms with E-state index in [-0.39, 0.29) is 18.5 Å². The van der Waals surface area contributed by atoms with Gasteiger partial charge in [-0.05, 0) is 50.1 Å². The smallest absolute Gasteiger partial charge is 0.149 e. The summed E-state index contributed by atoms with van der Waals surface area (Å²) >= 11 is 0. The Labute approximate surface area is 145 Å². The van der Waals surface area contributed by atoms with Crippen LogP contribution in [-0.4, -0.2) is 52.6 Å². The number of rotatable bonds is 5. The fraction of sp³-hybridized carbons (Fsp3) is 0.444. The van der Waals surface area contributed by atoms with Gasteiger partial charge in [0, 0.05) is 30.8 Å². The summed E-state index contributed by atoms with van der Waals surface area (Å²) in [7, 11) is 0. The molecule has 0 bridgehead atoms. The quantitative estimate of drug-likeness (QED) is 0.869. The summed E-state index contributed by atoms with van der Waals surface area (Å²) in [6, 6.07) is 5.90. The van der Waals surface area contributed by atoms with Crippen LogP contribution in [0.5, 0.6) is 5.75 Å². The molecule has 5 nitrogen and oxygen atoms in total. The Kier molecular flexibility index (Phi) is 5.43. The second kappa shape index (κ2) is 7.74. The number of hydrogen-bond donors (Lipinski definition) is 2. The molecule has 1 saturated heterocycles. The standard InChI is InChI=1S/C18H22F2N4O/c1-12-9-17(21-14-3-2-7-24(11-14)8-6-19)22-23-18(12)15-5-4-13(20)10-16(15)25/h4-5,9-10,14,25H,2-3,6-8,11H2,1H3,(H,21,22)/t14-/m1/s1. The molecular weight excluding hydrogens is 326 g/mol. The van der Waals surface area contributed by atoms with Crippen LogP contribution in [0.4, 0.5) is 14.6 Å². The number of benzene rings is 1. The van der Waals surface area contributed by atoms with Gasteiger partial charge in [-0.2, -0.15) is 0 Å². The van der Waals surface area contributed by atoms with Crippen molar-refractivity contribution in [1.29, 1.82) is 0 Å². The largest absolute Gasteiger partial charge is 0.507 e. The normalized spacial score (nSPS) is 18.3. The average molecular weight is 348 g/mol. The number of nitrogens with zero attached hydrogens (tertiary/aromatic N) is 3. The maximum Gasteiger partial charge on any atom is 0.149 e. The molecule has 2 heterocycles. The van der Waals surface area contributed by atoms with Gasteiger partial charge in [0.15, 0.2) is 0 Å². The van der Waals surface area contributed by atoms with E-state index < -0.39 is 5.82 Å². The highest BCUT2D eigenvalue weighted by atomic mass is 19.1. The van der Waals surface area contributed by atoms with Crippen LogP contribution in [0.25, 0.3) is 11.3 Å². The number of piperidine rings is 1. The third-order valence-electron chi connectivity index (χ3n) is 4.46. The molecule has 1 aromatic heterocycles. The summed E-state index contributed by atoms with van der Waals surface area (Å²) in [6.45, 7) is 3.71. The Morgan fingerprint density at radius 1 is 1.32 bits per heavy atom. The molecule has 2 aromatic rings. The minimum atomic E-state index is -0.500. The topological polar surface area (TPSA) is 61.3 Å². The first kappa shape index (κ1) is 17.5. The van der Waals surface area contributed by atoms with Gasteiger partial charge in [-0.1, -0.05) is 0 Å². The maximum atomic E-state index is 13.1. The van der Waals surface area contributed by atoms with Crippen molar-refractivity contribution in [1.82, 2.24) is 15.1 Å². The molecule has 0 unspecified atom stereocenters. The highest BCUT2D eigenvalue weighted by Gasteiger charge is 2.20. The minimum absolute atomic E-state index is 0.160. The van der Waals surface area contributed by atoms with Gasteiger partial charge in [-0.25, -0.2) is 8.78 Å². The number of aromatic nitrogens is 2. The number of phenols is 1. The number of aromatic hydroxyl groups is 1. The van der Waals surface area contributed by atoms with Gasteiger partial charge in [-0.15, -0.1) is 10.2 Å². The molecule has 1 atom stereocenters. The van der Waals surface area contributed by atoms with Crippen molar-refractivity contribution in [2.24, 2.45) is 0 Å². The van der Waals surface area contributed by atoms with Crippen LogP contribution >= 0.6 is 0 Å². The lowest BCUT2D eigenvalue weighted by Crippen LogP contribution is -2.43. The van der Waals surface area contributed by atoms with Crippen molar-refractivity contribution < 1.29 is 13.9 Å². The predicted octanol–water partition coefficient (Wildman–Crippen LogP) is 3.14. The highest BCUT2D eigenvalue weighted by Crippen LogP contribution is 2.30. The molecule has 25 heavy (non-hydrogen) atoms. The highest BCUT2D eigenvalue weighted by molar-refractivity contribution is 5.69. The molecule has 3 rings (SSSR count).